The van der Waals surface area contributed by atoms with Gasteiger partial charge in [0, 0.05) is 125 Å². The quantitative estimate of drug-likeness (QED) is 0.0269. The zero-order valence-corrected chi connectivity index (χ0v) is 48.0. The van der Waals surface area contributed by atoms with E-state index in [9.17, 15) is 120 Å². The van der Waals surface area contributed by atoms with E-state index >= 15 is 0 Å². The van der Waals surface area contributed by atoms with Gasteiger partial charge < -0.3 is 142 Å². The van der Waals surface area contributed by atoms with E-state index in [0.29, 0.717) is 0 Å². The first kappa shape index (κ1) is 81.9. The van der Waals surface area contributed by atoms with Gasteiger partial charge in [-0.1, -0.05) is 0 Å². The van der Waals surface area contributed by atoms with Crippen molar-refractivity contribution in [3.05, 3.63) is 0 Å². The number of amides is 6. The number of carboxylic acids is 3. The summed E-state index contributed by atoms with van der Waals surface area (Å²) in [5, 5.41) is 201. The topological polar surface area (TPSA) is 611 Å². The van der Waals surface area contributed by atoms with Crippen molar-refractivity contribution in [2.75, 3.05) is 138 Å². The summed E-state index contributed by atoms with van der Waals surface area (Å²) in [6.07, 6.45) is -25.9. The number of aliphatic hydroxyl groups excluding tert-OH is 16. The Morgan fingerprint density at radius 2 is 0.524 bits per heavy atom. The van der Waals surface area contributed by atoms with E-state index in [1.54, 1.807) is 0 Å². The molecule has 0 saturated carbocycles. The van der Waals surface area contributed by atoms with Gasteiger partial charge in [0.25, 0.3) is 23.6 Å². The SMILES string of the molecule is O=C([O-])CN(CCN(CC(=O)[O-])CC(=O)N(CCNC(=O)[C@H](O)[C@@H](O)[C@H](O)CCO)CCNC(=O)[C@H](O)[C@@H](O)[C@H](O)CCO)CCN(CC(=O)[O-])CC(=O)N(CCNC(=O)[C@H](O)[C@@H](O)[C@H](O)CCO)CCNC(=O)[C@H](O)[C@@H](O)[C@H](O)CCO.[Gd+3]. The van der Waals surface area contributed by atoms with E-state index in [0.717, 1.165) is 24.5 Å². The number of carbonyl (C=O) groups excluding carboxylic acids is 9. The predicted octanol–water partition coefficient (Wildman–Crippen LogP) is -18.9. The minimum atomic E-state index is -2.24. The maximum absolute atomic E-state index is 13.8. The van der Waals surface area contributed by atoms with Crippen LogP contribution < -0.4 is 36.6 Å². The van der Waals surface area contributed by atoms with E-state index in [4.69, 9.17) is 20.4 Å². The standard InChI is InChI=1S/C46H85N9O28.Gd/c56-17-1-26(60)35(72)39(76)43(80)47-5-9-54(10-6-48-44(81)40(77)36(73)27(61)2-18-57)30(64)21-52(24-33(68)69)15-13-51(23-32(66)67)14-16-53(25-34(70)71)22-31(65)55(11-7-49-45(82)41(78)37(74)28(62)3-19-58)12-8-50-46(83)42(79)38(75)29(63)4-20-59;/h26-29,35-42,56-63,72-79H,1-25H2,(H,47,80)(H,48,81)(H,49,82)(H,50,83)(H,66,67)(H,68,69)(H,70,71);/q;+3/p-3/t26-,27-,28-,29-,35+,36+,37+,38+,39-,40-,41-,42-;/m1./s1. The van der Waals surface area contributed by atoms with Gasteiger partial charge in [0.05, 0.1) is 55.4 Å². The Bertz CT molecular complexity index is 1770. The molecule has 84 heavy (non-hydrogen) atoms. The van der Waals surface area contributed by atoms with Crippen LogP contribution >= 0.6 is 0 Å². The molecule has 0 heterocycles. The molecule has 37 nitrogen and oxygen atoms in total. The largest absolute Gasteiger partial charge is 3.00 e. The van der Waals surface area contributed by atoms with E-state index < -0.39 is 290 Å². The molecule has 0 rings (SSSR count). The average molecular weight is 1370 g/mol. The summed E-state index contributed by atoms with van der Waals surface area (Å²) < 4.78 is 0. The first-order chi connectivity index (χ1) is 39.0. The van der Waals surface area contributed by atoms with Crippen molar-refractivity contribution in [1.29, 1.82) is 0 Å². The van der Waals surface area contributed by atoms with Crippen molar-refractivity contribution in [3.8, 4) is 0 Å². The Kier molecular flexibility index (Phi) is 44.0. The molecule has 0 aromatic rings. The summed E-state index contributed by atoms with van der Waals surface area (Å²) in [5.74, 6) is -12.2. The van der Waals surface area contributed by atoms with Crippen molar-refractivity contribution in [1.82, 2.24) is 45.8 Å². The van der Waals surface area contributed by atoms with Gasteiger partial charge in [-0.3, -0.25) is 43.5 Å². The number of nitrogens with one attached hydrogen (secondary N) is 4. The third kappa shape index (κ3) is 33.1. The van der Waals surface area contributed by atoms with Crippen molar-refractivity contribution in [2.45, 2.75) is 98.9 Å². The Hall–Kier alpha value is -4.21. The number of nitrogens with zero attached hydrogens (tertiary/aromatic N) is 5. The number of hydrogen-bond donors (Lipinski definition) is 20. The van der Waals surface area contributed by atoms with Crippen LogP contribution in [0.5, 0.6) is 0 Å². The number of rotatable bonds is 48. The van der Waals surface area contributed by atoms with E-state index in [1.807, 2.05) is 0 Å². The normalized spacial score (nSPS) is 15.8. The Labute approximate surface area is 513 Å². The molecular weight excluding hydrogens is 1280 g/mol. The zero-order chi connectivity index (χ0) is 63.5. The molecule has 0 fully saturated rings. The second kappa shape index (κ2) is 45.1. The molecule has 0 aromatic carbocycles. The van der Waals surface area contributed by atoms with Crippen molar-refractivity contribution < 1.29 is 180 Å². The van der Waals surface area contributed by atoms with Crippen LogP contribution in [0.1, 0.15) is 25.7 Å². The van der Waals surface area contributed by atoms with Crippen LogP contribution in [0, 0.1) is 39.9 Å². The Morgan fingerprint density at radius 3 is 0.726 bits per heavy atom. The maximum Gasteiger partial charge on any atom is 3.00 e. The van der Waals surface area contributed by atoms with Gasteiger partial charge >= 0.3 is 39.9 Å². The van der Waals surface area contributed by atoms with E-state index in [-0.39, 0.29) is 39.9 Å². The molecule has 12 atom stereocenters. The molecule has 0 saturated heterocycles. The first-order valence-electron chi connectivity index (χ1n) is 26.0. The van der Waals surface area contributed by atoms with Crippen LogP contribution in [-0.2, 0) is 43.2 Å². The van der Waals surface area contributed by atoms with E-state index in [2.05, 4.69) is 21.3 Å². The first-order valence-corrected chi connectivity index (χ1v) is 26.0. The monoisotopic (exact) mass is 1370 g/mol. The molecule has 487 valence electrons. The van der Waals surface area contributed by atoms with Crippen molar-refractivity contribution in [2.24, 2.45) is 0 Å². The molecular formula is C46H82GdN9O28. The predicted molar refractivity (Wildman–Crippen MR) is 268 cm³/mol. The second-order valence-electron chi connectivity index (χ2n) is 18.8. The molecule has 0 spiro atoms. The number of hydrogen-bond acceptors (Lipinski definition) is 31. The number of carboxylic acid groups (broad SMARTS) is 3. The summed E-state index contributed by atoms with van der Waals surface area (Å²) in [5.41, 5.74) is 0. The van der Waals surface area contributed by atoms with Crippen LogP contribution in [0.25, 0.3) is 0 Å². The molecule has 0 aromatic heterocycles. The minimum absolute atomic E-state index is 0. The molecule has 0 unspecified atom stereocenters. The molecule has 0 bridgehead atoms. The van der Waals surface area contributed by atoms with Crippen LogP contribution in [0.2, 0.25) is 0 Å². The van der Waals surface area contributed by atoms with Gasteiger partial charge in [0.15, 0.2) is 24.4 Å². The second-order valence-corrected chi connectivity index (χ2v) is 18.8. The van der Waals surface area contributed by atoms with Crippen LogP contribution in [0.4, 0.5) is 0 Å². The molecule has 6 amide bonds. The van der Waals surface area contributed by atoms with Gasteiger partial charge in [0.1, 0.15) is 24.4 Å². The molecule has 38 heteroatoms. The summed E-state index contributed by atoms with van der Waals surface area (Å²) in [4.78, 5) is 118. The van der Waals surface area contributed by atoms with Gasteiger partial charge in [-0.25, -0.2) is 0 Å². The van der Waals surface area contributed by atoms with Crippen molar-refractivity contribution >= 4 is 53.4 Å². The Balaban J connectivity index is 0. The van der Waals surface area contributed by atoms with Crippen LogP contribution in [-0.4, -0.2) is 370 Å². The third-order valence-corrected chi connectivity index (χ3v) is 12.3. The smallest absolute Gasteiger partial charge is 0.549 e. The average Bonchev–Trinajstić information content (AvgIpc) is 3.44. The number of carbonyl (C=O) groups is 9. The van der Waals surface area contributed by atoms with Gasteiger partial charge in [-0.05, 0) is 25.7 Å². The number of aliphatic carboxylic acids is 3. The summed E-state index contributed by atoms with van der Waals surface area (Å²) in [6.45, 7) is -13.1. The summed E-state index contributed by atoms with van der Waals surface area (Å²) in [7, 11) is 0. The Morgan fingerprint density at radius 1 is 0.321 bits per heavy atom. The molecule has 0 aliphatic carbocycles. The molecule has 20 N–H and O–H groups in total. The zero-order valence-electron chi connectivity index (χ0n) is 45.7. The van der Waals surface area contributed by atoms with Crippen molar-refractivity contribution in [3.63, 3.8) is 0 Å². The van der Waals surface area contributed by atoms with Gasteiger partial charge in [0.2, 0.25) is 11.8 Å². The van der Waals surface area contributed by atoms with Gasteiger partial charge in [-0.2, -0.15) is 0 Å². The number of aliphatic hydroxyl groups is 16. The van der Waals surface area contributed by atoms with Gasteiger partial charge in [-0.15, -0.1) is 0 Å². The van der Waals surface area contributed by atoms with Crippen LogP contribution in [0.3, 0.4) is 0 Å². The summed E-state index contributed by atoms with van der Waals surface area (Å²) in [6, 6.07) is 0. The fourth-order valence-corrected chi connectivity index (χ4v) is 7.47. The molecule has 0 aliphatic heterocycles. The minimum Gasteiger partial charge on any atom is -0.549 e. The molecule has 0 aliphatic rings. The molecule has 1 radical (unpaired) electrons. The van der Waals surface area contributed by atoms with Crippen LogP contribution in [0.15, 0.2) is 0 Å². The fraction of sp³-hybridized carbons (Fsp3) is 0.804. The maximum atomic E-state index is 13.8. The van der Waals surface area contributed by atoms with E-state index in [1.165, 1.54) is 0 Å². The fourth-order valence-electron chi connectivity index (χ4n) is 7.47. The summed E-state index contributed by atoms with van der Waals surface area (Å²) >= 11 is 0. The third-order valence-electron chi connectivity index (χ3n) is 12.3.